The predicted molar refractivity (Wildman–Crippen MR) is 96.5 cm³/mol. The molecule has 146 valence electrons. The second-order valence-corrected chi connectivity index (χ2v) is 7.67. The Bertz CT molecular complexity index is 666. The molecule has 0 saturated carbocycles. The standard InChI is InChI=1S/C15H22N4O5S.ClH/c1-19(2,9(6-20)12(17)21)5-3-4-8-7-25-14-10(16)13(22)18(14)11(8)15(23)24;/h3-4,9-10,14,20H,5-7,16H2,1-2H3,(H2-,17,21,23,24);1H/b4-3+;/t9-,10-,14-;/m1./s1. The molecule has 0 aliphatic carbocycles. The minimum absolute atomic E-state index is 0. The number of nitrogens with zero attached hydrogens (tertiary/aromatic N) is 2. The number of fused-ring (bicyclic) bond motifs is 1. The van der Waals surface area contributed by atoms with Crippen molar-refractivity contribution in [2.45, 2.75) is 17.5 Å². The number of amides is 2. The fourth-order valence-electron chi connectivity index (χ4n) is 2.91. The van der Waals surface area contributed by atoms with Crippen molar-refractivity contribution in [3.8, 4) is 0 Å². The number of halogens is 1. The molecule has 3 atom stereocenters. The Morgan fingerprint density at radius 1 is 1.50 bits per heavy atom. The number of aliphatic hydroxyl groups is 1. The smallest absolute Gasteiger partial charge is 0.278 e. The van der Waals surface area contributed by atoms with Crippen molar-refractivity contribution >= 4 is 42.0 Å². The first-order chi connectivity index (χ1) is 11.6. The van der Waals surface area contributed by atoms with Crippen molar-refractivity contribution < 1.29 is 29.1 Å². The van der Waals surface area contributed by atoms with Crippen molar-refractivity contribution in [3.63, 3.8) is 0 Å². The van der Waals surface area contributed by atoms with Crippen LogP contribution in [0.25, 0.3) is 0 Å². The molecule has 0 aromatic rings. The van der Waals surface area contributed by atoms with Crippen molar-refractivity contribution in [2.75, 3.05) is 33.0 Å². The lowest BCUT2D eigenvalue weighted by Gasteiger charge is -2.49. The van der Waals surface area contributed by atoms with Gasteiger partial charge in [-0.3, -0.25) is 14.5 Å². The fourth-order valence-corrected chi connectivity index (χ4v) is 4.17. The maximum absolute atomic E-state index is 11.8. The van der Waals surface area contributed by atoms with Gasteiger partial charge in [-0.05, 0) is 11.6 Å². The van der Waals surface area contributed by atoms with Gasteiger partial charge in [0.25, 0.3) is 5.91 Å². The zero-order valence-electron chi connectivity index (χ0n) is 14.5. The summed E-state index contributed by atoms with van der Waals surface area (Å²) in [6.07, 6.45) is 3.29. The van der Waals surface area contributed by atoms with Crippen molar-refractivity contribution in [3.05, 3.63) is 23.4 Å². The lowest BCUT2D eigenvalue weighted by molar-refractivity contribution is -0.900. The normalized spacial score (nSPS) is 24.0. The van der Waals surface area contributed by atoms with Crippen LogP contribution in [0, 0.1) is 0 Å². The first-order valence-electron chi connectivity index (χ1n) is 7.66. The molecule has 26 heavy (non-hydrogen) atoms. The molecule has 0 bridgehead atoms. The monoisotopic (exact) mass is 406 g/mol. The SMILES string of the molecule is C[N+](C)(C/C=C/C1=C(C(=O)[O-])N2C(=O)[C@@H](N)[C@H]2SC1)[C@H](CO)C(N)=O.Cl. The molecule has 0 spiro atoms. The third kappa shape index (κ3) is 4.04. The largest absolute Gasteiger partial charge is 0.543 e. The highest BCUT2D eigenvalue weighted by atomic mass is 35.5. The molecule has 0 aromatic carbocycles. The van der Waals surface area contributed by atoms with Crippen LogP contribution in [0.1, 0.15) is 0 Å². The lowest BCUT2D eigenvalue weighted by Crippen LogP contribution is -2.69. The Labute approximate surface area is 161 Å². The summed E-state index contributed by atoms with van der Waals surface area (Å²) in [5.74, 6) is -2.10. The number of thioether (sulfide) groups is 1. The van der Waals surface area contributed by atoms with Gasteiger partial charge in [0.05, 0.1) is 32.3 Å². The summed E-state index contributed by atoms with van der Waals surface area (Å²) in [6, 6.07) is -1.47. The minimum atomic E-state index is -1.43. The molecule has 2 heterocycles. The van der Waals surface area contributed by atoms with Crippen LogP contribution >= 0.6 is 24.2 Å². The van der Waals surface area contributed by atoms with Crippen LogP contribution in [0.5, 0.6) is 0 Å². The molecule has 2 amide bonds. The third-order valence-electron chi connectivity index (χ3n) is 4.47. The summed E-state index contributed by atoms with van der Waals surface area (Å²) >= 11 is 1.39. The van der Waals surface area contributed by atoms with Crippen LogP contribution < -0.4 is 16.6 Å². The van der Waals surface area contributed by atoms with E-state index in [4.69, 9.17) is 11.5 Å². The molecule has 0 unspecified atom stereocenters. The Hall–Kier alpha value is -1.59. The predicted octanol–water partition coefficient (Wildman–Crippen LogP) is -2.87. The van der Waals surface area contributed by atoms with Gasteiger partial charge < -0.3 is 31.0 Å². The van der Waals surface area contributed by atoms with Gasteiger partial charge in [0, 0.05) is 5.75 Å². The van der Waals surface area contributed by atoms with Crippen molar-refractivity contribution in [1.29, 1.82) is 0 Å². The summed E-state index contributed by atoms with van der Waals surface area (Å²) < 4.78 is 0.111. The lowest BCUT2D eigenvalue weighted by atomic mass is 10.0. The highest BCUT2D eigenvalue weighted by Gasteiger charge is 2.49. The molecule has 2 rings (SSSR count). The molecule has 0 radical (unpaired) electrons. The number of primary amides is 1. The average Bonchev–Trinajstić information content (AvgIpc) is 2.52. The van der Waals surface area contributed by atoms with E-state index < -0.39 is 29.9 Å². The van der Waals surface area contributed by atoms with Crippen LogP contribution in [-0.4, -0.2) is 82.7 Å². The summed E-state index contributed by atoms with van der Waals surface area (Å²) in [4.78, 5) is 35.9. The Morgan fingerprint density at radius 3 is 2.62 bits per heavy atom. The van der Waals surface area contributed by atoms with Gasteiger partial charge in [-0.15, -0.1) is 24.2 Å². The Kier molecular flexibility index (Phi) is 7.25. The molecule has 5 N–H and O–H groups in total. The number of hydrogen-bond acceptors (Lipinski definition) is 7. The summed E-state index contributed by atoms with van der Waals surface area (Å²) in [5, 5.41) is 20.4. The van der Waals surface area contributed by atoms with Gasteiger partial charge in [0.2, 0.25) is 5.91 Å². The van der Waals surface area contributed by atoms with E-state index in [0.29, 0.717) is 17.9 Å². The van der Waals surface area contributed by atoms with E-state index >= 15 is 0 Å². The van der Waals surface area contributed by atoms with Crippen LogP contribution in [-0.2, 0) is 14.4 Å². The van der Waals surface area contributed by atoms with E-state index in [0.717, 1.165) is 4.90 Å². The highest BCUT2D eigenvalue weighted by molar-refractivity contribution is 8.00. The van der Waals surface area contributed by atoms with Gasteiger partial charge in [0.1, 0.15) is 18.0 Å². The Morgan fingerprint density at radius 2 is 2.12 bits per heavy atom. The number of hydrogen-bond donors (Lipinski definition) is 3. The van der Waals surface area contributed by atoms with E-state index in [1.807, 2.05) is 0 Å². The molecule has 11 heteroatoms. The van der Waals surface area contributed by atoms with E-state index in [2.05, 4.69) is 0 Å². The third-order valence-corrected chi connectivity index (χ3v) is 5.80. The quantitative estimate of drug-likeness (QED) is 0.304. The molecule has 0 aromatic heterocycles. The number of aliphatic hydroxyl groups excluding tert-OH is 1. The number of quaternary nitrogens is 1. The van der Waals surface area contributed by atoms with E-state index in [1.165, 1.54) is 11.8 Å². The van der Waals surface area contributed by atoms with Crippen LogP contribution in [0.2, 0.25) is 0 Å². The molecule has 9 nitrogen and oxygen atoms in total. The van der Waals surface area contributed by atoms with Crippen LogP contribution in [0.4, 0.5) is 0 Å². The summed E-state index contributed by atoms with van der Waals surface area (Å²) in [5.41, 5.74) is 11.3. The second kappa shape index (κ2) is 8.40. The molecule has 1 fully saturated rings. The number of carboxylic acid groups (broad SMARTS) is 1. The molecular formula is C15H23ClN4O5S. The van der Waals surface area contributed by atoms with Gasteiger partial charge in [-0.1, -0.05) is 6.08 Å². The number of carboxylic acids is 1. The van der Waals surface area contributed by atoms with Gasteiger partial charge >= 0.3 is 0 Å². The molecular weight excluding hydrogens is 384 g/mol. The summed E-state index contributed by atoms with van der Waals surface area (Å²) in [7, 11) is 3.46. The number of rotatable bonds is 7. The zero-order valence-corrected chi connectivity index (χ0v) is 16.1. The van der Waals surface area contributed by atoms with Gasteiger partial charge in [-0.25, -0.2) is 0 Å². The average molecular weight is 407 g/mol. The highest BCUT2D eigenvalue weighted by Crippen LogP contribution is 2.39. The Balaban J connectivity index is 0.00000338. The first kappa shape index (κ1) is 22.5. The summed E-state index contributed by atoms with van der Waals surface area (Å²) in [6.45, 7) is -0.0551. The minimum Gasteiger partial charge on any atom is -0.543 e. The van der Waals surface area contributed by atoms with E-state index in [-0.39, 0.29) is 34.6 Å². The van der Waals surface area contributed by atoms with Gasteiger partial charge in [-0.2, -0.15) is 0 Å². The number of allylic oxidation sites excluding steroid dienone is 1. The van der Waals surface area contributed by atoms with Crippen LogP contribution in [0.3, 0.4) is 0 Å². The fraction of sp³-hybridized carbons (Fsp3) is 0.533. The topological polar surface area (TPSA) is 150 Å². The second-order valence-electron chi connectivity index (χ2n) is 6.56. The van der Waals surface area contributed by atoms with Gasteiger partial charge in [0.15, 0.2) is 6.04 Å². The maximum Gasteiger partial charge on any atom is 0.278 e. The molecule has 1 saturated heterocycles. The number of likely N-dealkylation sites (N-methyl/N-ethyl adjacent to an activating group) is 1. The number of carbonyl (C=O) groups is 3. The molecule has 2 aliphatic heterocycles. The first-order valence-corrected chi connectivity index (χ1v) is 8.70. The number of β-lactam (4-membered cyclic amide) rings is 1. The number of carbonyl (C=O) groups excluding carboxylic acids is 3. The zero-order chi connectivity index (χ0) is 18.9. The van der Waals surface area contributed by atoms with Crippen molar-refractivity contribution in [1.82, 2.24) is 4.90 Å². The number of nitrogens with two attached hydrogens (primary N) is 2. The van der Waals surface area contributed by atoms with Crippen LogP contribution in [0.15, 0.2) is 23.4 Å². The van der Waals surface area contributed by atoms with Crippen molar-refractivity contribution in [2.24, 2.45) is 11.5 Å². The number of aliphatic carboxylic acids is 1. The molecule has 2 aliphatic rings. The maximum atomic E-state index is 11.8. The van der Waals surface area contributed by atoms with E-state index in [1.54, 1.807) is 26.2 Å². The van der Waals surface area contributed by atoms with E-state index in [9.17, 15) is 24.6 Å².